The van der Waals surface area contributed by atoms with E-state index in [-0.39, 0.29) is 17.7 Å². The van der Waals surface area contributed by atoms with Crippen molar-refractivity contribution in [1.29, 1.82) is 0 Å². The Kier molecular flexibility index (Phi) is 7.97. The summed E-state index contributed by atoms with van der Waals surface area (Å²) in [6.45, 7) is 3.07. The number of anilines is 1. The Hall–Kier alpha value is -4.13. The maximum atomic E-state index is 12.4. The lowest BCUT2D eigenvalue weighted by Gasteiger charge is -2.09. The summed E-state index contributed by atoms with van der Waals surface area (Å²) in [6, 6.07) is 22.3. The largest absolute Gasteiger partial charge is 0.494 e. The van der Waals surface area contributed by atoms with Crippen LogP contribution in [0.5, 0.6) is 5.75 Å². The molecule has 0 saturated carbocycles. The molecule has 3 N–H and O–H groups in total. The molecular weight excluding hydrogens is 406 g/mol. The molecule has 0 spiro atoms. The average Bonchev–Trinajstić information content (AvgIpc) is 2.83. The number of nitrogens with one attached hydrogen (secondary N) is 3. The molecule has 164 valence electrons. The molecule has 0 aliphatic heterocycles. The first-order chi connectivity index (χ1) is 15.6. The van der Waals surface area contributed by atoms with Crippen LogP contribution < -0.4 is 20.7 Å². The number of amides is 3. The van der Waals surface area contributed by atoms with E-state index in [1.165, 1.54) is 0 Å². The molecule has 0 aromatic heterocycles. The van der Waals surface area contributed by atoms with Crippen LogP contribution in [0.25, 0.3) is 0 Å². The summed E-state index contributed by atoms with van der Waals surface area (Å²) in [4.78, 5) is 36.6. The second kappa shape index (κ2) is 11.3. The highest BCUT2D eigenvalue weighted by Gasteiger charge is 2.09. The Labute approximate surface area is 186 Å². The van der Waals surface area contributed by atoms with Crippen molar-refractivity contribution in [2.24, 2.45) is 0 Å². The standard InChI is InChI=1S/C25H25N3O4/c1-2-32-22-14-10-20(11-15-22)25(31)28-21-12-8-19(9-13-21)24(30)27-17-16-26-23(29)18-6-4-3-5-7-18/h3-15H,2,16-17H2,1H3,(H,26,29)(H,27,30)(H,28,31). The second-order valence-electron chi connectivity index (χ2n) is 6.87. The highest BCUT2D eigenvalue weighted by molar-refractivity contribution is 6.04. The van der Waals surface area contributed by atoms with Gasteiger partial charge in [-0.25, -0.2) is 0 Å². The monoisotopic (exact) mass is 431 g/mol. The van der Waals surface area contributed by atoms with Gasteiger partial charge in [-0.2, -0.15) is 0 Å². The SMILES string of the molecule is CCOc1ccc(C(=O)Nc2ccc(C(=O)NCCNC(=O)c3ccccc3)cc2)cc1. The minimum Gasteiger partial charge on any atom is -0.494 e. The first-order valence-electron chi connectivity index (χ1n) is 10.3. The second-order valence-corrected chi connectivity index (χ2v) is 6.87. The van der Waals surface area contributed by atoms with Crippen LogP contribution in [0.3, 0.4) is 0 Å². The highest BCUT2D eigenvalue weighted by Crippen LogP contribution is 2.15. The predicted molar refractivity (Wildman–Crippen MR) is 123 cm³/mol. The van der Waals surface area contributed by atoms with Crippen LogP contribution in [0.4, 0.5) is 5.69 Å². The molecule has 0 aliphatic carbocycles. The lowest BCUT2D eigenvalue weighted by Crippen LogP contribution is -2.34. The van der Waals surface area contributed by atoms with Crippen LogP contribution >= 0.6 is 0 Å². The van der Waals surface area contributed by atoms with Crippen molar-refractivity contribution in [3.05, 3.63) is 95.6 Å². The van der Waals surface area contributed by atoms with Gasteiger partial charge < -0.3 is 20.7 Å². The Morgan fingerprint density at radius 3 is 1.72 bits per heavy atom. The summed E-state index contributed by atoms with van der Waals surface area (Å²) in [7, 11) is 0. The molecule has 0 aliphatic rings. The molecule has 7 heteroatoms. The fraction of sp³-hybridized carbons (Fsp3) is 0.160. The molecule has 0 heterocycles. The molecule has 0 atom stereocenters. The number of carbonyl (C=O) groups excluding carboxylic acids is 3. The van der Waals surface area contributed by atoms with Gasteiger partial charge >= 0.3 is 0 Å². The minimum absolute atomic E-state index is 0.188. The molecule has 32 heavy (non-hydrogen) atoms. The van der Waals surface area contributed by atoms with E-state index in [2.05, 4.69) is 16.0 Å². The molecule has 3 rings (SSSR count). The van der Waals surface area contributed by atoms with Crippen molar-refractivity contribution in [3.63, 3.8) is 0 Å². The van der Waals surface area contributed by atoms with Gasteiger partial charge in [0, 0.05) is 35.5 Å². The van der Waals surface area contributed by atoms with Crippen molar-refractivity contribution in [2.45, 2.75) is 6.92 Å². The quantitative estimate of drug-likeness (QED) is 0.452. The summed E-state index contributed by atoms with van der Waals surface area (Å²) in [6.07, 6.45) is 0. The molecule has 0 fully saturated rings. The Bertz CT molecular complexity index is 1050. The number of rotatable bonds is 9. The van der Waals surface area contributed by atoms with E-state index in [4.69, 9.17) is 4.74 Å². The van der Waals surface area contributed by atoms with Crippen molar-refractivity contribution in [1.82, 2.24) is 10.6 Å². The minimum atomic E-state index is -0.261. The molecule has 0 bridgehead atoms. The van der Waals surface area contributed by atoms with Gasteiger partial charge in [-0.3, -0.25) is 14.4 Å². The van der Waals surface area contributed by atoms with E-state index in [9.17, 15) is 14.4 Å². The summed E-state index contributed by atoms with van der Waals surface area (Å²) in [5, 5.41) is 8.31. The summed E-state index contributed by atoms with van der Waals surface area (Å²) < 4.78 is 5.37. The molecule has 0 radical (unpaired) electrons. The van der Waals surface area contributed by atoms with Gasteiger partial charge in [0.15, 0.2) is 0 Å². The number of ether oxygens (including phenoxy) is 1. The number of benzene rings is 3. The zero-order chi connectivity index (χ0) is 22.8. The number of carbonyl (C=O) groups is 3. The zero-order valence-electron chi connectivity index (χ0n) is 17.8. The maximum Gasteiger partial charge on any atom is 0.255 e. The molecule has 0 unspecified atom stereocenters. The molecule has 3 aromatic rings. The van der Waals surface area contributed by atoms with Crippen LogP contribution in [0.1, 0.15) is 38.0 Å². The van der Waals surface area contributed by atoms with Crippen molar-refractivity contribution in [2.75, 3.05) is 25.0 Å². The first kappa shape index (κ1) is 22.6. The Morgan fingerprint density at radius 1 is 0.656 bits per heavy atom. The first-order valence-corrected chi connectivity index (χ1v) is 10.3. The lowest BCUT2D eigenvalue weighted by molar-refractivity contribution is 0.0927. The Balaban J connectivity index is 1.44. The normalized spacial score (nSPS) is 10.2. The molecular formula is C25H25N3O4. The predicted octanol–water partition coefficient (Wildman–Crippen LogP) is 3.50. The third-order valence-electron chi connectivity index (χ3n) is 4.56. The van der Waals surface area contributed by atoms with E-state index in [1.54, 1.807) is 72.8 Å². The third kappa shape index (κ3) is 6.43. The van der Waals surface area contributed by atoms with Gasteiger partial charge in [-0.15, -0.1) is 0 Å². The van der Waals surface area contributed by atoms with Crippen molar-refractivity contribution >= 4 is 23.4 Å². The van der Waals surface area contributed by atoms with Crippen LogP contribution in [-0.2, 0) is 0 Å². The smallest absolute Gasteiger partial charge is 0.255 e. The topological polar surface area (TPSA) is 96.5 Å². The molecule has 3 aromatic carbocycles. The van der Waals surface area contributed by atoms with Crippen LogP contribution in [0, 0.1) is 0 Å². The van der Waals surface area contributed by atoms with E-state index < -0.39 is 0 Å². The fourth-order valence-electron chi connectivity index (χ4n) is 2.92. The van der Waals surface area contributed by atoms with Crippen molar-refractivity contribution < 1.29 is 19.1 Å². The lowest BCUT2D eigenvalue weighted by atomic mass is 10.1. The van der Waals surface area contributed by atoms with Crippen LogP contribution in [0.15, 0.2) is 78.9 Å². The molecule has 3 amide bonds. The van der Waals surface area contributed by atoms with Gasteiger partial charge in [-0.1, -0.05) is 18.2 Å². The van der Waals surface area contributed by atoms with Gasteiger partial charge in [0.25, 0.3) is 17.7 Å². The summed E-state index contributed by atoms with van der Waals surface area (Å²) >= 11 is 0. The Morgan fingerprint density at radius 2 is 1.16 bits per heavy atom. The van der Waals surface area contributed by atoms with Gasteiger partial charge in [0.2, 0.25) is 0 Å². The number of hydrogen-bond acceptors (Lipinski definition) is 4. The highest BCUT2D eigenvalue weighted by atomic mass is 16.5. The summed E-state index contributed by atoms with van der Waals surface area (Å²) in [5.41, 5.74) is 2.11. The van der Waals surface area contributed by atoms with Crippen LogP contribution in [-0.4, -0.2) is 37.4 Å². The summed E-state index contributed by atoms with van der Waals surface area (Å²) in [5.74, 6) is 0.00859. The van der Waals surface area contributed by atoms with Gasteiger partial charge in [0.1, 0.15) is 5.75 Å². The van der Waals surface area contributed by atoms with Gasteiger partial charge in [0.05, 0.1) is 6.61 Å². The van der Waals surface area contributed by atoms with Crippen LogP contribution in [0.2, 0.25) is 0 Å². The average molecular weight is 431 g/mol. The van der Waals surface area contributed by atoms with E-state index in [0.717, 1.165) is 0 Å². The fourth-order valence-corrected chi connectivity index (χ4v) is 2.92. The number of hydrogen-bond donors (Lipinski definition) is 3. The van der Waals surface area contributed by atoms with E-state index in [0.29, 0.717) is 47.8 Å². The zero-order valence-corrected chi connectivity index (χ0v) is 17.8. The van der Waals surface area contributed by atoms with Gasteiger partial charge in [-0.05, 0) is 67.6 Å². The third-order valence-corrected chi connectivity index (χ3v) is 4.56. The van der Waals surface area contributed by atoms with E-state index >= 15 is 0 Å². The maximum absolute atomic E-state index is 12.4. The molecule has 0 saturated heterocycles. The van der Waals surface area contributed by atoms with E-state index in [1.807, 2.05) is 13.0 Å². The molecule has 7 nitrogen and oxygen atoms in total. The van der Waals surface area contributed by atoms with Crippen molar-refractivity contribution in [3.8, 4) is 5.75 Å².